The van der Waals surface area contributed by atoms with Gasteiger partial charge in [-0.25, -0.2) is 12.8 Å². The molecule has 0 spiro atoms. The van der Waals surface area contributed by atoms with E-state index in [4.69, 9.17) is 11.6 Å². The fraction of sp³-hybridized carbons (Fsp3) is 0.344. The largest absolute Gasteiger partial charge is 0.416 e. The molecule has 0 amide bonds. The van der Waals surface area contributed by atoms with Gasteiger partial charge < -0.3 is 4.90 Å². The first-order valence-corrected chi connectivity index (χ1v) is 16.1. The monoisotopic (exact) mass is 644 g/mol. The number of benzene rings is 3. The van der Waals surface area contributed by atoms with Crippen LogP contribution in [0.2, 0.25) is 5.02 Å². The quantitative estimate of drug-likeness (QED) is 0.217. The maximum atomic E-state index is 14.6. The number of halogens is 5. The number of sulfonamides is 1. The molecule has 2 aliphatic heterocycles. The van der Waals surface area contributed by atoms with Crippen LogP contribution in [0, 0.1) is 17.1 Å². The van der Waals surface area contributed by atoms with Gasteiger partial charge in [0.05, 0.1) is 45.5 Å². The molecule has 6 rings (SSSR count). The zero-order valence-electron chi connectivity index (χ0n) is 23.8. The summed E-state index contributed by atoms with van der Waals surface area (Å²) in [6.45, 7) is 3.29. The van der Waals surface area contributed by atoms with E-state index in [0.29, 0.717) is 48.2 Å². The summed E-state index contributed by atoms with van der Waals surface area (Å²) < 4.78 is 84.8. The van der Waals surface area contributed by atoms with Crippen LogP contribution >= 0.6 is 11.6 Å². The van der Waals surface area contributed by atoms with Crippen molar-refractivity contribution in [3.05, 3.63) is 88.2 Å². The summed E-state index contributed by atoms with van der Waals surface area (Å²) in [6, 6.07) is 15.5. The molecule has 3 aliphatic rings. The van der Waals surface area contributed by atoms with E-state index >= 15 is 0 Å². The number of nitriles is 1. The Hall–Kier alpha value is -3.59. The smallest absolute Gasteiger partial charge is 0.362 e. The molecule has 2 fully saturated rings. The highest BCUT2D eigenvalue weighted by Crippen LogP contribution is 2.44. The molecule has 0 N–H and O–H groups in total. The van der Waals surface area contributed by atoms with Gasteiger partial charge in [0.25, 0.3) is 10.0 Å². The predicted molar refractivity (Wildman–Crippen MR) is 162 cm³/mol. The summed E-state index contributed by atoms with van der Waals surface area (Å²) in [5.41, 5.74) is 0.610. The fourth-order valence-corrected chi connectivity index (χ4v) is 8.34. The number of hydrogen-bond donors (Lipinski definition) is 0. The van der Waals surface area contributed by atoms with Crippen LogP contribution in [0.1, 0.15) is 42.9 Å². The molecular formula is C32H29ClF4N4O2S. The van der Waals surface area contributed by atoms with Gasteiger partial charge in [0.2, 0.25) is 0 Å². The van der Waals surface area contributed by atoms with E-state index in [9.17, 15) is 31.2 Å². The van der Waals surface area contributed by atoms with Crippen LogP contribution in [0.4, 0.5) is 28.9 Å². The second kappa shape index (κ2) is 11.1. The second-order valence-electron chi connectivity index (χ2n) is 11.5. The summed E-state index contributed by atoms with van der Waals surface area (Å²) >= 11 is 6.27. The summed E-state index contributed by atoms with van der Waals surface area (Å²) in [7, 11) is -4.45. The number of hydrogen-bond acceptors (Lipinski definition) is 5. The molecule has 1 unspecified atom stereocenters. The molecule has 1 saturated heterocycles. The molecule has 0 radical (unpaired) electrons. The van der Waals surface area contributed by atoms with Crippen LogP contribution in [0.15, 0.2) is 65.6 Å². The highest BCUT2D eigenvalue weighted by atomic mass is 35.5. The van der Waals surface area contributed by atoms with Crippen molar-refractivity contribution in [3.63, 3.8) is 0 Å². The minimum Gasteiger partial charge on any atom is -0.362 e. The van der Waals surface area contributed by atoms with Gasteiger partial charge in [-0.3, -0.25) is 9.21 Å². The molecule has 1 saturated carbocycles. The number of alkyl halides is 3. The number of anilines is 2. The van der Waals surface area contributed by atoms with Gasteiger partial charge in [-0.1, -0.05) is 35.9 Å². The van der Waals surface area contributed by atoms with Crippen molar-refractivity contribution < 1.29 is 26.0 Å². The van der Waals surface area contributed by atoms with Crippen LogP contribution in [0.3, 0.4) is 0 Å². The molecular weight excluding hydrogens is 616 g/mol. The minimum absolute atomic E-state index is 0.0190. The molecule has 1 aliphatic carbocycles. The number of nitrogens with zero attached hydrogens (tertiary/aromatic N) is 4. The third kappa shape index (κ3) is 5.23. The SMILES string of the molecule is CC(=Cc1ccc2c(c1)N(S(=O)(=O)c1cccc(C(F)(F)F)c1)CC1CN(C3(C#N)CCC3)CCN21)c1c(F)cccc1Cl. The molecule has 3 aromatic carbocycles. The average Bonchev–Trinajstić information content (AvgIpc) is 2.96. The van der Waals surface area contributed by atoms with E-state index in [1.54, 1.807) is 37.3 Å². The van der Waals surface area contributed by atoms with Gasteiger partial charge in [0, 0.05) is 25.2 Å². The maximum Gasteiger partial charge on any atom is 0.416 e. The Kier molecular flexibility index (Phi) is 7.67. The fourth-order valence-electron chi connectivity index (χ4n) is 6.47. The Morgan fingerprint density at radius 1 is 1.05 bits per heavy atom. The molecule has 3 aromatic rings. The molecule has 230 valence electrons. The highest BCUT2D eigenvalue weighted by molar-refractivity contribution is 7.92. The van der Waals surface area contributed by atoms with Crippen molar-refractivity contribution in [1.29, 1.82) is 5.26 Å². The summed E-state index contributed by atoms with van der Waals surface area (Å²) in [4.78, 5) is 3.76. The van der Waals surface area contributed by atoms with Crippen LogP contribution in [-0.4, -0.2) is 51.1 Å². The lowest BCUT2D eigenvalue weighted by atomic mass is 9.76. The predicted octanol–water partition coefficient (Wildman–Crippen LogP) is 7.20. The first-order valence-electron chi connectivity index (χ1n) is 14.2. The topological polar surface area (TPSA) is 67.6 Å². The lowest BCUT2D eigenvalue weighted by Crippen LogP contribution is -2.66. The second-order valence-corrected chi connectivity index (χ2v) is 13.8. The molecule has 6 nitrogen and oxygen atoms in total. The van der Waals surface area contributed by atoms with Gasteiger partial charge in [-0.05, 0) is 79.8 Å². The van der Waals surface area contributed by atoms with Crippen LogP contribution < -0.4 is 9.21 Å². The van der Waals surface area contributed by atoms with E-state index in [1.807, 2.05) is 0 Å². The number of fused-ring (bicyclic) bond motifs is 3. The lowest BCUT2D eigenvalue weighted by Gasteiger charge is -2.54. The maximum absolute atomic E-state index is 14.6. The van der Waals surface area contributed by atoms with Crippen molar-refractivity contribution in [3.8, 4) is 6.07 Å². The summed E-state index contributed by atoms with van der Waals surface area (Å²) in [6.07, 6.45) is -0.577. The first kappa shape index (κ1) is 30.4. The Balaban J connectivity index is 1.44. The van der Waals surface area contributed by atoms with Crippen LogP contribution in [0.25, 0.3) is 11.6 Å². The third-order valence-corrected chi connectivity index (χ3v) is 11.0. The number of allylic oxidation sites excluding steroid dienone is 1. The average molecular weight is 645 g/mol. The van der Waals surface area contributed by atoms with E-state index in [-0.39, 0.29) is 23.2 Å². The van der Waals surface area contributed by atoms with Crippen molar-refractivity contribution in [2.75, 3.05) is 35.4 Å². The van der Waals surface area contributed by atoms with Crippen LogP contribution in [-0.2, 0) is 16.2 Å². The normalized spacial score (nSPS) is 20.4. The minimum atomic E-state index is -4.72. The summed E-state index contributed by atoms with van der Waals surface area (Å²) in [5, 5.41) is 10.2. The number of rotatable bonds is 5. The van der Waals surface area contributed by atoms with E-state index in [2.05, 4.69) is 15.9 Å². The zero-order valence-corrected chi connectivity index (χ0v) is 25.4. The lowest BCUT2D eigenvalue weighted by molar-refractivity contribution is -0.137. The standard InChI is InChI=1S/C32H29ClF4N4O2S/c1-21(30-26(33)7-3-8-27(30)34)15-22-9-10-28-29(16-22)41(44(42,43)25-6-2-5-23(17-25)32(35,36)37)19-24-18-39(13-14-40(24)28)31(20-38)11-4-12-31/h2-3,5-10,15-17,24H,4,11-14,18-19H2,1H3. The van der Waals surface area contributed by atoms with E-state index in [0.717, 1.165) is 37.5 Å². The van der Waals surface area contributed by atoms with Gasteiger partial charge in [-0.2, -0.15) is 18.4 Å². The molecule has 44 heavy (non-hydrogen) atoms. The number of piperazine rings is 1. The molecule has 1 atom stereocenters. The Morgan fingerprint density at radius 3 is 2.45 bits per heavy atom. The van der Waals surface area contributed by atoms with E-state index < -0.39 is 38.0 Å². The van der Waals surface area contributed by atoms with Gasteiger partial charge in [-0.15, -0.1) is 0 Å². The van der Waals surface area contributed by atoms with Gasteiger partial charge in [0.1, 0.15) is 11.4 Å². The highest BCUT2D eigenvalue weighted by Gasteiger charge is 2.48. The Bertz CT molecular complexity index is 1780. The van der Waals surface area contributed by atoms with Crippen molar-refractivity contribution in [2.24, 2.45) is 0 Å². The van der Waals surface area contributed by atoms with Crippen LogP contribution in [0.5, 0.6) is 0 Å². The Labute approximate surface area is 258 Å². The van der Waals surface area contributed by atoms with Crippen molar-refractivity contribution >= 4 is 44.6 Å². The first-order chi connectivity index (χ1) is 20.8. The zero-order chi connectivity index (χ0) is 31.4. The summed E-state index contributed by atoms with van der Waals surface area (Å²) in [5.74, 6) is -0.500. The molecule has 2 heterocycles. The third-order valence-electron chi connectivity index (χ3n) is 8.92. The molecule has 0 bridgehead atoms. The molecule has 12 heteroatoms. The van der Waals surface area contributed by atoms with E-state index in [1.165, 1.54) is 16.4 Å². The van der Waals surface area contributed by atoms with Gasteiger partial charge in [0.15, 0.2) is 0 Å². The van der Waals surface area contributed by atoms with Crippen molar-refractivity contribution in [1.82, 2.24) is 4.90 Å². The van der Waals surface area contributed by atoms with Crippen molar-refractivity contribution in [2.45, 2.75) is 48.8 Å². The van der Waals surface area contributed by atoms with Gasteiger partial charge >= 0.3 is 6.18 Å². The molecule has 0 aromatic heterocycles. The Morgan fingerprint density at radius 2 is 1.80 bits per heavy atom.